The smallest absolute Gasteiger partial charge is 0.407 e. The highest BCUT2D eigenvalue weighted by atomic mass is 16.5. The van der Waals surface area contributed by atoms with Crippen LogP contribution in [0.4, 0.5) is 4.79 Å². The zero-order valence-corrected chi connectivity index (χ0v) is 10.4. The Morgan fingerprint density at radius 1 is 1.21 bits per heavy atom. The van der Waals surface area contributed by atoms with Gasteiger partial charge in [-0.25, -0.2) is 4.79 Å². The Morgan fingerprint density at radius 3 is 1.93 bits per heavy atom. The van der Waals surface area contributed by atoms with Crippen molar-refractivity contribution >= 4 is 6.09 Å². The minimum atomic E-state index is -0.372. The van der Waals surface area contributed by atoms with E-state index in [1.165, 1.54) is 7.11 Å². The molecule has 84 valence electrons. The van der Waals surface area contributed by atoms with Gasteiger partial charge >= 0.3 is 6.09 Å². The predicted octanol–water partition coefficient (Wildman–Crippen LogP) is 2.80. The number of carbonyl (C=O) groups is 1. The van der Waals surface area contributed by atoms with Gasteiger partial charge in [0.1, 0.15) is 0 Å². The maximum Gasteiger partial charge on any atom is 0.407 e. The van der Waals surface area contributed by atoms with Crippen LogP contribution in [-0.2, 0) is 4.74 Å². The van der Waals surface area contributed by atoms with Crippen molar-refractivity contribution in [3.63, 3.8) is 0 Å². The second-order valence-electron chi connectivity index (χ2n) is 5.12. The van der Waals surface area contributed by atoms with Crippen LogP contribution in [0.15, 0.2) is 0 Å². The molecule has 0 aromatic heterocycles. The van der Waals surface area contributed by atoms with Crippen LogP contribution in [0.3, 0.4) is 0 Å². The zero-order chi connectivity index (χ0) is 11.6. The average molecular weight is 201 g/mol. The first-order chi connectivity index (χ1) is 6.15. The van der Waals surface area contributed by atoms with Gasteiger partial charge in [0.05, 0.1) is 7.11 Å². The topological polar surface area (TPSA) is 38.3 Å². The molecular formula is C11H23NO2. The van der Waals surface area contributed by atoms with E-state index >= 15 is 0 Å². The fourth-order valence-electron chi connectivity index (χ4n) is 1.19. The van der Waals surface area contributed by atoms with Crippen molar-refractivity contribution in [3.8, 4) is 0 Å². The summed E-state index contributed by atoms with van der Waals surface area (Å²) in [5.74, 6) is 0.481. The van der Waals surface area contributed by atoms with E-state index in [4.69, 9.17) is 0 Å². The van der Waals surface area contributed by atoms with Gasteiger partial charge in [-0.1, -0.05) is 27.7 Å². The Balaban J connectivity index is 4.68. The number of amides is 1. The van der Waals surface area contributed by atoms with Crippen LogP contribution in [0.5, 0.6) is 0 Å². The Labute approximate surface area is 87.2 Å². The maximum absolute atomic E-state index is 11.2. The van der Waals surface area contributed by atoms with E-state index < -0.39 is 0 Å². The molecule has 0 unspecified atom stereocenters. The summed E-state index contributed by atoms with van der Waals surface area (Å²) in [6, 6.07) is 0. The number of methoxy groups -OCH3 is 1. The van der Waals surface area contributed by atoms with Gasteiger partial charge in [-0.15, -0.1) is 0 Å². The maximum atomic E-state index is 11.2. The lowest BCUT2D eigenvalue weighted by atomic mass is 9.67. The monoisotopic (exact) mass is 201 g/mol. The van der Waals surface area contributed by atoms with Gasteiger partial charge in [0.25, 0.3) is 0 Å². The van der Waals surface area contributed by atoms with Gasteiger partial charge < -0.3 is 10.1 Å². The lowest BCUT2D eigenvalue weighted by molar-refractivity contribution is 0.0848. The minimum Gasteiger partial charge on any atom is -0.453 e. The van der Waals surface area contributed by atoms with Crippen LogP contribution in [0.2, 0.25) is 0 Å². The van der Waals surface area contributed by atoms with Gasteiger partial charge in [-0.3, -0.25) is 0 Å². The number of hydrogen-bond acceptors (Lipinski definition) is 2. The van der Waals surface area contributed by atoms with Crippen LogP contribution in [0.1, 0.15) is 41.5 Å². The van der Waals surface area contributed by atoms with Crippen molar-refractivity contribution in [1.29, 1.82) is 0 Å². The van der Waals surface area contributed by atoms with Gasteiger partial charge in [-0.05, 0) is 25.2 Å². The van der Waals surface area contributed by atoms with Gasteiger partial charge in [0.15, 0.2) is 0 Å². The molecule has 0 aliphatic carbocycles. The molecule has 1 N–H and O–H groups in total. The van der Waals surface area contributed by atoms with Crippen molar-refractivity contribution in [2.45, 2.75) is 47.1 Å². The fourth-order valence-corrected chi connectivity index (χ4v) is 1.19. The molecule has 0 atom stereocenters. The van der Waals surface area contributed by atoms with Gasteiger partial charge in [0, 0.05) is 5.54 Å². The quantitative estimate of drug-likeness (QED) is 0.762. The highest BCUT2D eigenvalue weighted by Gasteiger charge is 2.40. The van der Waals surface area contributed by atoms with Crippen LogP contribution in [0, 0.1) is 11.3 Å². The highest BCUT2D eigenvalue weighted by molar-refractivity contribution is 5.68. The molecule has 3 nitrogen and oxygen atoms in total. The number of rotatable bonds is 3. The Hall–Kier alpha value is -0.730. The van der Waals surface area contributed by atoms with Crippen LogP contribution < -0.4 is 5.32 Å². The molecule has 1 amide bonds. The molecule has 0 heterocycles. The van der Waals surface area contributed by atoms with E-state index in [0.29, 0.717) is 5.92 Å². The summed E-state index contributed by atoms with van der Waals surface area (Å²) in [6.45, 7) is 12.6. The van der Waals surface area contributed by atoms with E-state index in [-0.39, 0.29) is 17.0 Å². The number of alkyl carbamates (subject to hydrolysis) is 1. The number of ether oxygens (including phenoxy) is 1. The Morgan fingerprint density at radius 2 is 1.64 bits per heavy atom. The van der Waals surface area contributed by atoms with E-state index in [0.717, 1.165) is 0 Å². The first-order valence-corrected chi connectivity index (χ1v) is 5.01. The summed E-state index contributed by atoms with van der Waals surface area (Å²) in [6.07, 6.45) is -0.372. The number of nitrogens with one attached hydrogen (secondary N) is 1. The third-order valence-electron chi connectivity index (χ3n) is 3.65. The molecule has 14 heavy (non-hydrogen) atoms. The molecule has 0 aliphatic heterocycles. The molecule has 0 saturated heterocycles. The molecule has 0 aromatic rings. The molecule has 3 heteroatoms. The zero-order valence-electron chi connectivity index (χ0n) is 10.4. The summed E-state index contributed by atoms with van der Waals surface area (Å²) in [7, 11) is 1.38. The van der Waals surface area contributed by atoms with E-state index in [9.17, 15) is 4.79 Å². The molecule has 0 radical (unpaired) electrons. The Bertz CT molecular complexity index is 207. The molecule has 0 spiro atoms. The summed E-state index contributed by atoms with van der Waals surface area (Å²) in [5, 5.41) is 2.87. The van der Waals surface area contributed by atoms with E-state index in [1.54, 1.807) is 0 Å². The van der Waals surface area contributed by atoms with Crippen LogP contribution in [-0.4, -0.2) is 18.7 Å². The standard InChI is InChI=1S/C11H23NO2/c1-8(2)10(3,4)11(5,6)12-9(13)14-7/h8H,1-7H3,(H,12,13). The highest BCUT2D eigenvalue weighted by Crippen LogP contribution is 2.37. The van der Waals surface area contributed by atoms with Crippen molar-refractivity contribution < 1.29 is 9.53 Å². The second-order valence-corrected chi connectivity index (χ2v) is 5.12. The molecule has 0 aromatic carbocycles. The molecule has 0 rings (SSSR count). The van der Waals surface area contributed by atoms with Gasteiger partial charge in [0.2, 0.25) is 0 Å². The summed E-state index contributed by atoms with van der Waals surface area (Å²) >= 11 is 0. The van der Waals surface area contributed by atoms with Crippen molar-refractivity contribution in [3.05, 3.63) is 0 Å². The largest absolute Gasteiger partial charge is 0.453 e. The molecule has 0 aliphatic rings. The van der Waals surface area contributed by atoms with Crippen molar-refractivity contribution in [1.82, 2.24) is 5.32 Å². The molecular weight excluding hydrogens is 178 g/mol. The van der Waals surface area contributed by atoms with Crippen molar-refractivity contribution in [2.75, 3.05) is 7.11 Å². The molecule has 0 saturated carbocycles. The van der Waals surface area contributed by atoms with E-state index in [1.807, 2.05) is 13.8 Å². The van der Waals surface area contributed by atoms with Gasteiger partial charge in [-0.2, -0.15) is 0 Å². The van der Waals surface area contributed by atoms with Crippen molar-refractivity contribution in [2.24, 2.45) is 11.3 Å². The summed E-state index contributed by atoms with van der Waals surface area (Å²) in [4.78, 5) is 11.2. The van der Waals surface area contributed by atoms with E-state index in [2.05, 4.69) is 37.7 Å². The average Bonchev–Trinajstić information content (AvgIpc) is 2.02. The third kappa shape index (κ3) is 2.63. The first-order valence-electron chi connectivity index (χ1n) is 5.01. The summed E-state index contributed by atoms with van der Waals surface area (Å²) < 4.78 is 4.61. The molecule has 0 bridgehead atoms. The molecule has 0 fully saturated rings. The predicted molar refractivity (Wildman–Crippen MR) is 58.2 cm³/mol. The summed E-state index contributed by atoms with van der Waals surface area (Å²) in [5.41, 5.74) is -0.268. The number of hydrogen-bond donors (Lipinski definition) is 1. The SMILES string of the molecule is COC(=O)NC(C)(C)C(C)(C)C(C)C. The number of carbonyl (C=O) groups excluding carboxylic acids is 1. The minimum absolute atomic E-state index is 0.0151. The lowest BCUT2D eigenvalue weighted by Crippen LogP contribution is -2.55. The van der Waals surface area contributed by atoms with Crippen LogP contribution in [0.25, 0.3) is 0 Å². The third-order valence-corrected chi connectivity index (χ3v) is 3.65. The Kier molecular flexibility index (Phi) is 3.98. The first kappa shape index (κ1) is 13.3. The second kappa shape index (κ2) is 4.20. The lowest BCUT2D eigenvalue weighted by Gasteiger charge is -2.44. The van der Waals surface area contributed by atoms with Crippen LogP contribution >= 0.6 is 0 Å². The fraction of sp³-hybridized carbons (Fsp3) is 0.909. The normalized spacial score (nSPS) is 12.9.